The summed E-state index contributed by atoms with van der Waals surface area (Å²) >= 11 is 7.56. The zero-order valence-corrected chi connectivity index (χ0v) is 25.9. The van der Waals surface area contributed by atoms with Crippen molar-refractivity contribution in [3.05, 3.63) is 156 Å². The fourth-order valence-electron chi connectivity index (χ4n) is 5.08. The van der Waals surface area contributed by atoms with E-state index in [-0.39, 0.29) is 23.9 Å². The van der Waals surface area contributed by atoms with Crippen molar-refractivity contribution >= 4 is 40.6 Å². The number of carbonyl (C=O) groups excluding carboxylic acids is 1. The summed E-state index contributed by atoms with van der Waals surface area (Å²) in [4.78, 5) is 33.1. The van der Waals surface area contributed by atoms with Gasteiger partial charge in [-0.3, -0.25) is 14.2 Å². The molecule has 45 heavy (non-hydrogen) atoms. The number of aromatic nitrogens is 1. The lowest BCUT2D eigenvalue weighted by Gasteiger charge is -2.25. The highest BCUT2D eigenvalue weighted by molar-refractivity contribution is 7.07. The minimum absolute atomic E-state index is 0.195. The molecule has 1 aromatic heterocycles. The normalized spacial score (nSPS) is 14.5. The number of ether oxygens (including phenoxy) is 2. The topological polar surface area (TPSA) is 81.9 Å². The van der Waals surface area contributed by atoms with Gasteiger partial charge in [0.15, 0.2) is 4.80 Å². The Morgan fingerprint density at radius 2 is 1.78 bits per heavy atom. The van der Waals surface area contributed by atoms with E-state index in [1.807, 2.05) is 30.3 Å². The summed E-state index contributed by atoms with van der Waals surface area (Å²) in [5, 5.41) is 3.42. The van der Waals surface area contributed by atoms with Crippen LogP contribution in [0, 0.1) is 5.82 Å². The quantitative estimate of drug-likeness (QED) is 0.218. The van der Waals surface area contributed by atoms with Crippen molar-refractivity contribution in [2.45, 2.75) is 19.6 Å². The SMILES string of the molecule is COc1ccc([C@H]2C(C(=O)Nc3ccccc3)=C(C)N=c3s/c(=C/c4cc(Cl)ccc4OCc4ccc(F)cc4)c(=O)n32)cc1. The van der Waals surface area contributed by atoms with Gasteiger partial charge < -0.3 is 14.8 Å². The molecule has 6 rings (SSSR count). The lowest BCUT2D eigenvalue weighted by atomic mass is 9.95. The van der Waals surface area contributed by atoms with Gasteiger partial charge in [-0.25, -0.2) is 9.38 Å². The monoisotopic (exact) mass is 639 g/mol. The third-order valence-electron chi connectivity index (χ3n) is 7.30. The van der Waals surface area contributed by atoms with Crippen LogP contribution in [0.5, 0.6) is 11.5 Å². The Morgan fingerprint density at radius 3 is 2.49 bits per heavy atom. The maximum absolute atomic E-state index is 14.2. The van der Waals surface area contributed by atoms with Crippen molar-refractivity contribution < 1.29 is 18.7 Å². The maximum Gasteiger partial charge on any atom is 0.271 e. The lowest BCUT2D eigenvalue weighted by molar-refractivity contribution is -0.113. The minimum atomic E-state index is -0.744. The Morgan fingerprint density at radius 1 is 1.04 bits per heavy atom. The number of hydrogen-bond acceptors (Lipinski definition) is 6. The Hall–Kier alpha value is -4.99. The summed E-state index contributed by atoms with van der Waals surface area (Å²) in [7, 11) is 1.58. The highest BCUT2D eigenvalue weighted by atomic mass is 35.5. The fraction of sp³-hybridized carbons (Fsp3) is 0.114. The maximum atomic E-state index is 14.2. The number of fused-ring (bicyclic) bond motifs is 1. The first kappa shape index (κ1) is 30.1. The molecule has 0 bridgehead atoms. The van der Waals surface area contributed by atoms with E-state index in [2.05, 4.69) is 5.32 Å². The molecule has 1 aliphatic rings. The summed E-state index contributed by atoms with van der Waals surface area (Å²) in [6.45, 7) is 1.96. The zero-order chi connectivity index (χ0) is 31.5. The number of amides is 1. The Kier molecular flexibility index (Phi) is 8.64. The molecular weight excluding hydrogens is 613 g/mol. The number of hydrogen-bond donors (Lipinski definition) is 1. The van der Waals surface area contributed by atoms with Crippen molar-refractivity contribution in [3.63, 3.8) is 0 Å². The van der Waals surface area contributed by atoms with E-state index < -0.39 is 6.04 Å². The van der Waals surface area contributed by atoms with Gasteiger partial charge in [-0.05, 0) is 78.7 Å². The average Bonchev–Trinajstić information content (AvgIpc) is 3.35. The van der Waals surface area contributed by atoms with Gasteiger partial charge in [0, 0.05) is 16.3 Å². The Labute approximate surface area is 267 Å². The number of thiazole rings is 1. The molecule has 1 amide bonds. The number of allylic oxidation sites excluding steroid dienone is 1. The minimum Gasteiger partial charge on any atom is -0.497 e. The van der Waals surface area contributed by atoms with E-state index >= 15 is 0 Å². The number of carbonyl (C=O) groups is 1. The van der Waals surface area contributed by atoms with Gasteiger partial charge in [-0.2, -0.15) is 0 Å². The summed E-state index contributed by atoms with van der Waals surface area (Å²) < 4.78 is 26.7. The fourth-order valence-corrected chi connectivity index (χ4v) is 6.30. The van der Waals surface area contributed by atoms with Crippen molar-refractivity contribution in [2.75, 3.05) is 12.4 Å². The molecular formula is C35H27ClFN3O4S. The van der Waals surface area contributed by atoms with Crippen LogP contribution in [-0.2, 0) is 11.4 Å². The van der Waals surface area contributed by atoms with Crippen LogP contribution >= 0.6 is 22.9 Å². The van der Waals surface area contributed by atoms with Crippen LogP contribution in [0.4, 0.5) is 10.1 Å². The molecule has 1 aliphatic heterocycles. The summed E-state index contributed by atoms with van der Waals surface area (Å²) in [6.07, 6.45) is 1.71. The van der Waals surface area contributed by atoms with E-state index in [9.17, 15) is 14.0 Å². The number of methoxy groups -OCH3 is 1. The number of halogens is 2. The molecule has 0 unspecified atom stereocenters. The van der Waals surface area contributed by atoms with Gasteiger partial charge in [-0.1, -0.05) is 65.4 Å². The molecule has 1 atom stereocenters. The zero-order valence-electron chi connectivity index (χ0n) is 24.3. The molecule has 0 spiro atoms. The highest BCUT2D eigenvalue weighted by Crippen LogP contribution is 2.32. The second-order valence-electron chi connectivity index (χ2n) is 10.3. The van der Waals surface area contributed by atoms with E-state index in [4.69, 9.17) is 26.1 Å². The van der Waals surface area contributed by atoms with E-state index in [0.29, 0.717) is 48.4 Å². The number of nitrogens with one attached hydrogen (secondary N) is 1. The standard InChI is InChI=1S/C35H27ClFN3O4S/c1-21-31(33(41)39-27-6-4-3-5-7-27)32(23-10-15-28(43-2)16-11-23)40-34(42)30(45-35(40)38-21)19-24-18-25(36)12-17-29(24)44-20-22-8-13-26(37)14-9-22/h3-19,32H,20H2,1-2H3,(H,39,41)/b30-19+/t32-/m0/s1. The summed E-state index contributed by atoms with van der Waals surface area (Å²) in [5.41, 5.74) is 3.27. The lowest BCUT2D eigenvalue weighted by Crippen LogP contribution is -2.40. The number of anilines is 1. The van der Waals surface area contributed by atoms with Crippen LogP contribution in [-0.4, -0.2) is 17.6 Å². The molecule has 4 aromatic carbocycles. The largest absolute Gasteiger partial charge is 0.497 e. The van der Waals surface area contributed by atoms with Crippen molar-refractivity contribution in [2.24, 2.45) is 4.99 Å². The third-order valence-corrected chi connectivity index (χ3v) is 8.51. The van der Waals surface area contributed by atoms with Crippen LogP contribution in [0.3, 0.4) is 0 Å². The predicted molar refractivity (Wildman–Crippen MR) is 174 cm³/mol. The van der Waals surface area contributed by atoms with Crippen molar-refractivity contribution in [1.82, 2.24) is 4.57 Å². The number of para-hydroxylation sites is 1. The number of rotatable bonds is 8. The first-order chi connectivity index (χ1) is 21.8. The van der Waals surface area contributed by atoms with Gasteiger partial charge in [0.05, 0.1) is 29.0 Å². The van der Waals surface area contributed by atoms with Crippen LogP contribution in [0.25, 0.3) is 6.08 Å². The molecule has 0 radical (unpaired) electrons. The second kappa shape index (κ2) is 12.9. The molecule has 0 saturated heterocycles. The molecule has 0 aliphatic carbocycles. The molecule has 10 heteroatoms. The van der Waals surface area contributed by atoms with Crippen LogP contribution in [0.2, 0.25) is 5.02 Å². The predicted octanol–water partition coefficient (Wildman–Crippen LogP) is 6.25. The Bertz CT molecular complexity index is 2090. The van der Waals surface area contributed by atoms with E-state index in [1.165, 1.54) is 23.5 Å². The smallest absolute Gasteiger partial charge is 0.271 e. The number of benzene rings is 4. The molecule has 2 heterocycles. The second-order valence-corrected chi connectivity index (χ2v) is 11.7. The highest BCUT2D eigenvalue weighted by Gasteiger charge is 2.32. The van der Waals surface area contributed by atoms with Crippen LogP contribution in [0.1, 0.15) is 29.7 Å². The summed E-state index contributed by atoms with van der Waals surface area (Å²) in [6, 6.07) is 26.8. The molecule has 226 valence electrons. The molecule has 7 nitrogen and oxygen atoms in total. The summed E-state index contributed by atoms with van der Waals surface area (Å²) in [5.74, 6) is 0.464. The van der Waals surface area contributed by atoms with Gasteiger partial charge in [0.25, 0.3) is 11.5 Å². The Balaban J connectivity index is 1.44. The first-order valence-corrected chi connectivity index (χ1v) is 15.2. The van der Waals surface area contributed by atoms with E-state index in [0.717, 1.165) is 11.1 Å². The van der Waals surface area contributed by atoms with Gasteiger partial charge in [0.1, 0.15) is 23.9 Å². The van der Waals surface area contributed by atoms with Crippen molar-refractivity contribution in [1.29, 1.82) is 0 Å². The van der Waals surface area contributed by atoms with Gasteiger partial charge in [-0.15, -0.1) is 0 Å². The number of nitrogens with zero attached hydrogens (tertiary/aromatic N) is 2. The average molecular weight is 640 g/mol. The van der Waals surface area contributed by atoms with Gasteiger partial charge in [0.2, 0.25) is 0 Å². The van der Waals surface area contributed by atoms with Crippen molar-refractivity contribution in [3.8, 4) is 11.5 Å². The molecule has 0 fully saturated rings. The first-order valence-electron chi connectivity index (χ1n) is 14.0. The molecule has 5 aromatic rings. The van der Waals surface area contributed by atoms with E-state index in [1.54, 1.807) is 79.3 Å². The van der Waals surface area contributed by atoms with Crippen LogP contribution in [0.15, 0.2) is 118 Å². The third kappa shape index (κ3) is 6.45. The van der Waals surface area contributed by atoms with Gasteiger partial charge >= 0.3 is 0 Å². The molecule has 0 saturated carbocycles. The molecule has 1 N–H and O–H groups in total. The van der Waals surface area contributed by atoms with Crippen LogP contribution < -0.4 is 29.7 Å².